The summed E-state index contributed by atoms with van der Waals surface area (Å²) in [7, 11) is 0. The normalized spacial score (nSPS) is 22.9. The fourth-order valence-corrected chi connectivity index (χ4v) is 3.52. The average Bonchev–Trinajstić information content (AvgIpc) is 2.27. The molecular weight excluding hydrogens is 300 g/mol. The minimum absolute atomic E-state index is 0.162. The predicted octanol–water partition coefficient (Wildman–Crippen LogP) is 3.97. The Labute approximate surface area is 125 Å². The second kappa shape index (κ2) is 5.45. The summed E-state index contributed by atoms with van der Waals surface area (Å²) in [5.74, 6) is 0.636. The number of piperazine rings is 1. The molecule has 1 N–H and O–H groups in total. The Morgan fingerprint density at radius 3 is 2.63 bits per heavy atom. The van der Waals surface area contributed by atoms with E-state index in [1.54, 1.807) is 0 Å². The monoisotopic (exact) mass is 324 g/mol. The third-order valence-electron chi connectivity index (χ3n) is 3.94. The Morgan fingerprint density at radius 1 is 1.37 bits per heavy atom. The number of nitrogens with one attached hydrogen (secondary N) is 1. The van der Waals surface area contributed by atoms with E-state index < -0.39 is 0 Å². The highest BCUT2D eigenvalue weighted by Gasteiger charge is 2.34. The number of benzene rings is 1. The Hall–Kier alpha value is -0.540. The molecule has 0 aliphatic carbocycles. The SMILES string of the molecule is Cc1ccc(N2CC(C)(C)NCC2C(C)C)c(Br)c1. The van der Waals surface area contributed by atoms with Crippen molar-refractivity contribution in [3.8, 4) is 0 Å². The fraction of sp³-hybridized carbons (Fsp3) is 0.625. The zero-order valence-electron chi connectivity index (χ0n) is 12.6. The minimum Gasteiger partial charge on any atom is -0.364 e. The quantitative estimate of drug-likeness (QED) is 0.885. The first-order chi connectivity index (χ1) is 8.80. The van der Waals surface area contributed by atoms with Gasteiger partial charge in [-0.25, -0.2) is 0 Å². The van der Waals surface area contributed by atoms with Crippen molar-refractivity contribution in [3.05, 3.63) is 28.2 Å². The molecule has 19 heavy (non-hydrogen) atoms. The van der Waals surface area contributed by atoms with Crippen molar-refractivity contribution >= 4 is 21.6 Å². The van der Waals surface area contributed by atoms with Gasteiger partial charge in [-0.05, 0) is 60.3 Å². The van der Waals surface area contributed by atoms with Gasteiger partial charge in [0.25, 0.3) is 0 Å². The molecule has 1 atom stereocenters. The maximum Gasteiger partial charge on any atom is 0.0514 e. The van der Waals surface area contributed by atoms with Crippen LogP contribution in [-0.2, 0) is 0 Å². The topological polar surface area (TPSA) is 15.3 Å². The summed E-state index contributed by atoms with van der Waals surface area (Å²) < 4.78 is 1.20. The van der Waals surface area contributed by atoms with E-state index in [2.05, 4.69) is 79.0 Å². The molecule has 2 nitrogen and oxygen atoms in total. The van der Waals surface area contributed by atoms with E-state index in [0.717, 1.165) is 13.1 Å². The third kappa shape index (κ3) is 3.32. The first-order valence-electron chi connectivity index (χ1n) is 7.08. The molecule has 1 aromatic carbocycles. The van der Waals surface area contributed by atoms with Gasteiger partial charge < -0.3 is 10.2 Å². The standard InChI is InChI=1S/C16H25BrN2/c1-11(2)15-9-18-16(4,5)10-19(15)14-7-6-12(3)8-13(14)17/h6-8,11,15,18H,9-10H2,1-5H3. The largest absolute Gasteiger partial charge is 0.364 e. The summed E-state index contributed by atoms with van der Waals surface area (Å²) in [5, 5.41) is 3.66. The van der Waals surface area contributed by atoms with E-state index in [4.69, 9.17) is 0 Å². The van der Waals surface area contributed by atoms with Gasteiger partial charge in [0, 0.05) is 29.1 Å². The van der Waals surface area contributed by atoms with Crippen LogP contribution in [0.2, 0.25) is 0 Å². The molecule has 0 radical (unpaired) electrons. The van der Waals surface area contributed by atoms with Gasteiger partial charge in [-0.3, -0.25) is 0 Å². The number of hydrogen-bond donors (Lipinski definition) is 1. The zero-order chi connectivity index (χ0) is 14.2. The number of aryl methyl sites for hydroxylation is 1. The molecule has 1 saturated heterocycles. The lowest BCUT2D eigenvalue weighted by atomic mass is 9.92. The molecular formula is C16H25BrN2. The van der Waals surface area contributed by atoms with Crippen LogP contribution in [0.5, 0.6) is 0 Å². The van der Waals surface area contributed by atoms with Gasteiger partial charge in [0.15, 0.2) is 0 Å². The maximum absolute atomic E-state index is 3.73. The summed E-state index contributed by atoms with van der Waals surface area (Å²) in [4.78, 5) is 2.56. The van der Waals surface area contributed by atoms with E-state index in [-0.39, 0.29) is 5.54 Å². The van der Waals surface area contributed by atoms with Crippen molar-refractivity contribution in [1.29, 1.82) is 0 Å². The highest BCUT2D eigenvalue weighted by molar-refractivity contribution is 9.10. The van der Waals surface area contributed by atoms with Crippen LogP contribution < -0.4 is 10.2 Å². The van der Waals surface area contributed by atoms with Crippen molar-refractivity contribution in [3.63, 3.8) is 0 Å². The van der Waals surface area contributed by atoms with Crippen LogP contribution in [0.25, 0.3) is 0 Å². The van der Waals surface area contributed by atoms with Gasteiger partial charge in [0.05, 0.1) is 5.69 Å². The van der Waals surface area contributed by atoms with Crippen LogP contribution in [0.15, 0.2) is 22.7 Å². The summed E-state index contributed by atoms with van der Waals surface area (Å²) >= 11 is 3.73. The first-order valence-corrected chi connectivity index (χ1v) is 7.87. The van der Waals surface area contributed by atoms with E-state index >= 15 is 0 Å². The number of halogens is 1. The van der Waals surface area contributed by atoms with E-state index in [1.807, 2.05) is 0 Å². The van der Waals surface area contributed by atoms with E-state index in [9.17, 15) is 0 Å². The highest BCUT2D eigenvalue weighted by Crippen LogP contribution is 2.33. The third-order valence-corrected chi connectivity index (χ3v) is 4.57. The van der Waals surface area contributed by atoms with Gasteiger partial charge in [-0.1, -0.05) is 19.9 Å². The zero-order valence-corrected chi connectivity index (χ0v) is 14.2. The Bertz CT molecular complexity index is 454. The summed E-state index contributed by atoms with van der Waals surface area (Å²) in [6.45, 7) is 13.4. The Morgan fingerprint density at radius 2 is 2.05 bits per heavy atom. The van der Waals surface area contributed by atoms with E-state index in [0.29, 0.717) is 12.0 Å². The molecule has 1 aliphatic rings. The van der Waals surface area contributed by atoms with Crippen LogP contribution in [0.1, 0.15) is 33.3 Å². The molecule has 106 valence electrons. The van der Waals surface area contributed by atoms with Crippen LogP contribution in [0, 0.1) is 12.8 Å². The van der Waals surface area contributed by atoms with Gasteiger partial charge in [-0.2, -0.15) is 0 Å². The lowest BCUT2D eigenvalue weighted by molar-refractivity contribution is 0.277. The molecule has 2 rings (SSSR count). The van der Waals surface area contributed by atoms with Crippen LogP contribution in [0.4, 0.5) is 5.69 Å². The van der Waals surface area contributed by atoms with Gasteiger partial charge in [0.1, 0.15) is 0 Å². The predicted molar refractivity (Wildman–Crippen MR) is 86.9 cm³/mol. The molecule has 1 aliphatic heterocycles. The Balaban J connectivity index is 2.36. The lowest BCUT2D eigenvalue weighted by Gasteiger charge is -2.48. The molecule has 0 saturated carbocycles. The molecule has 0 aromatic heterocycles. The Kier molecular flexibility index (Phi) is 4.26. The van der Waals surface area contributed by atoms with Gasteiger partial charge in [-0.15, -0.1) is 0 Å². The van der Waals surface area contributed by atoms with Crippen molar-refractivity contribution < 1.29 is 0 Å². The number of anilines is 1. The summed E-state index contributed by atoms with van der Waals surface area (Å²) in [6.07, 6.45) is 0. The van der Waals surface area contributed by atoms with Gasteiger partial charge in [0.2, 0.25) is 0 Å². The summed E-state index contributed by atoms with van der Waals surface area (Å²) in [6, 6.07) is 7.21. The maximum atomic E-state index is 3.73. The number of hydrogen-bond acceptors (Lipinski definition) is 2. The molecule has 1 aromatic rings. The number of rotatable bonds is 2. The molecule has 3 heteroatoms. The molecule has 1 fully saturated rings. The minimum atomic E-state index is 0.162. The smallest absolute Gasteiger partial charge is 0.0514 e. The molecule has 1 unspecified atom stereocenters. The van der Waals surface area contributed by atoms with E-state index in [1.165, 1.54) is 15.7 Å². The molecule has 1 heterocycles. The van der Waals surface area contributed by atoms with Crippen LogP contribution in [-0.4, -0.2) is 24.7 Å². The first kappa shape index (κ1) is 14.9. The molecule has 0 spiro atoms. The lowest BCUT2D eigenvalue weighted by Crippen LogP contribution is -2.63. The fourth-order valence-electron chi connectivity index (χ4n) is 2.79. The van der Waals surface area contributed by atoms with Crippen molar-refractivity contribution in [2.75, 3.05) is 18.0 Å². The number of nitrogens with zero attached hydrogens (tertiary/aromatic N) is 1. The molecule has 0 amide bonds. The highest BCUT2D eigenvalue weighted by atomic mass is 79.9. The van der Waals surface area contributed by atoms with Crippen molar-refractivity contribution in [2.45, 2.75) is 46.2 Å². The van der Waals surface area contributed by atoms with Gasteiger partial charge >= 0.3 is 0 Å². The average molecular weight is 325 g/mol. The van der Waals surface area contributed by atoms with Crippen molar-refractivity contribution in [2.24, 2.45) is 5.92 Å². The van der Waals surface area contributed by atoms with Crippen molar-refractivity contribution in [1.82, 2.24) is 5.32 Å². The second-order valence-electron chi connectivity index (χ2n) is 6.66. The van der Waals surface area contributed by atoms with Crippen LogP contribution >= 0.6 is 15.9 Å². The molecule has 0 bridgehead atoms. The second-order valence-corrected chi connectivity index (χ2v) is 7.51. The van der Waals surface area contributed by atoms with Crippen LogP contribution in [0.3, 0.4) is 0 Å². The summed E-state index contributed by atoms with van der Waals surface area (Å²) in [5.41, 5.74) is 2.78.